The van der Waals surface area contributed by atoms with Crippen molar-refractivity contribution in [3.05, 3.63) is 0 Å². The lowest BCUT2D eigenvalue weighted by molar-refractivity contribution is -0.153. The van der Waals surface area contributed by atoms with Crippen LogP contribution in [-0.2, 0) is 9.53 Å². The number of carbonyl (C=O) groups is 1. The van der Waals surface area contributed by atoms with E-state index >= 15 is 0 Å². The summed E-state index contributed by atoms with van der Waals surface area (Å²) in [5, 5.41) is 8.78. The molecule has 3 heteroatoms. The number of hydrogen-bond donors (Lipinski definition) is 1. The maximum Gasteiger partial charge on any atom is 0.334 e. The van der Waals surface area contributed by atoms with Gasteiger partial charge in [-0.05, 0) is 13.3 Å². The van der Waals surface area contributed by atoms with E-state index in [9.17, 15) is 4.79 Å². The van der Waals surface area contributed by atoms with Gasteiger partial charge in [0.1, 0.15) is 0 Å². The second kappa shape index (κ2) is 4.32. The van der Waals surface area contributed by atoms with Gasteiger partial charge >= 0.3 is 5.97 Å². The van der Waals surface area contributed by atoms with Gasteiger partial charge in [-0.2, -0.15) is 0 Å². The Morgan fingerprint density at radius 1 is 1.67 bits per heavy atom. The molecule has 0 unspecified atom stereocenters. The minimum absolute atomic E-state index is 0.329. The van der Waals surface area contributed by atoms with E-state index in [1.807, 2.05) is 0 Å². The molecule has 0 rings (SSSR count). The molecule has 0 aliphatic rings. The highest BCUT2D eigenvalue weighted by atomic mass is 16.5. The molecule has 0 bridgehead atoms. The van der Waals surface area contributed by atoms with Crippen LogP contribution in [0.4, 0.5) is 0 Å². The maximum atomic E-state index is 10.5. The first kappa shape index (κ1) is 8.43. The van der Waals surface area contributed by atoms with Gasteiger partial charge in [0.05, 0.1) is 6.61 Å². The van der Waals surface area contributed by atoms with Crippen molar-refractivity contribution in [1.82, 2.24) is 0 Å². The van der Waals surface area contributed by atoms with Gasteiger partial charge in [0, 0.05) is 0 Å². The highest BCUT2D eigenvalue weighted by Gasteiger charge is 2.11. The highest BCUT2D eigenvalue weighted by molar-refractivity contribution is 5.74. The van der Waals surface area contributed by atoms with Crippen molar-refractivity contribution in [1.29, 1.82) is 0 Å². The quantitative estimate of drug-likeness (QED) is 0.562. The lowest BCUT2D eigenvalue weighted by atomic mass is 10.3. The van der Waals surface area contributed by atoms with Crippen molar-refractivity contribution < 1.29 is 14.6 Å². The summed E-state index contributed by atoms with van der Waals surface area (Å²) in [5.74, 6) is -0.528. The van der Waals surface area contributed by atoms with Crippen LogP contribution in [0.15, 0.2) is 0 Å². The monoisotopic (exact) mass is 132 g/mol. The molecule has 0 aromatic heterocycles. The van der Waals surface area contributed by atoms with E-state index in [1.54, 1.807) is 13.8 Å². The smallest absolute Gasteiger partial charge is 0.334 e. The molecule has 1 N–H and O–H groups in total. The normalized spacial score (nSPS) is 12.8. The zero-order chi connectivity index (χ0) is 7.28. The van der Waals surface area contributed by atoms with Crippen molar-refractivity contribution >= 4 is 5.97 Å². The number of hydrogen-bond acceptors (Lipinski definition) is 3. The van der Waals surface area contributed by atoms with Crippen LogP contribution in [-0.4, -0.2) is 23.8 Å². The predicted molar refractivity (Wildman–Crippen MR) is 32.9 cm³/mol. The molecule has 0 aliphatic heterocycles. The van der Waals surface area contributed by atoms with E-state index in [1.165, 1.54) is 0 Å². The van der Waals surface area contributed by atoms with Crippen molar-refractivity contribution in [2.45, 2.75) is 26.4 Å². The molecule has 9 heavy (non-hydrogen) atoms. The summed E-state index contributed by atoms with van der Waals surface area (Å²) in [5.41, 5.74) is 0. The van der Waals surface area contributed by atoms with Crippen LogP contribution in [0, 0.1) is 0 Å². The summed E-state index contributed by atoms with van der Waals surface area (Å²) in [6.45, 7) is 3.76. The largest absolute Gasteiger partial charge is 0.464 e. The molecule has 0 heterocycles. The fourth-order valence-corrected chi connectivity index (χ4v) is 0.405. The van der Waals surface area contributed by atoms with Crippen LogP contribution in [0.25, 0.3) is 0 Å². The van der Waals surface area contributed by atoms with Crippen LogP contribution in [0.5, 0.6) is 0 Å². The van der Waals surface area contributed by atoms with E-state index in [2.05, 4.69) is 4.74 Å². The Bertz CT molecular complexity index is 90.3. The molecule has 0 saturated carbocycles. The summed E-state index contributed by atoms with van der Waals surface area (Å²) >= 11 is 0. The number of ether oxygens (including phenoxy) is 1. The molecular weight excluding hydrogens is 120 g/mol. The van der Waals surface area contributed by atoms with Crippen molar-refractivity contribution in [3.63, 3.8) is 0 Å². The third-order valence-corrected chi connectivity index (χ3v) is 0.945. The molecule has 0 spiro atoms. The summed E-state index contributed by atoms with van der Waals surface area (Å²) in [6, 6.07) is 0. The Balaban J connectivity index is 3.46. The third kappa shape index (κ3) is 3.08. The minimum atomic E-state index is -0.940. The zero-order valence-corrected chi connectivity index (χ0v) is 5.76. The number of aliphatic hydroxyl groups is 1. The highest BCUT2D eigenvalue weighted by Crippen LogP contribution is 1.92. The summed E-state index contributed by atoms with van der Waals surface area (Å²) in [4.78, 5) is 10.5. The Labute approximate surface area is 54.6 Å². The van der Waals surface area contributed by atoms with Crippen LogP contribution >= 0.6 is 0 Å². The molecule has 3 nitrogen and oxygen atoms in total. The van der Waals surface area contributed by atoms with Gasteiger partial charge in [0.25, 0.3) is 0 Å². The van der Waals surface area contributed by atoms with Crippen molar-refractivity contribution in [2.75, 3.05) is 6.61 Å². The number of aliphatic hydroxyl groups excluding tert-OH is 1. The molecule has 0 aliphatic carbocycles. The topological polar surface area (TPSA) is 46.5 Å². The second-order valence-corrected chi connectivity index (χ2v) is 1.68. The number of carbonyl (C=O) groups excluding carboxylic acids is 1. The summed E-state index contributed by atoms with van der Waals surface area (Å²) in [6.07, 6.45) is -0.524. The summed E-state index contributed by atoms with van der Waals surface area (Å²) in [7, 11) is 0. The minimum Gasteiger partial charge on any atom is -0.464 e. The molecule has 0 fully saturated rings. The first-order valence-electron chi connectivity index (χ1n) is 3.07. The van der Waals surface area contributed by atoms with Gasteiger partial charge in [-0.3, -0.25) is 0 Å². The standard InChI is InChI=1S/C6H12O3/c1-3-5(7)6(8)9-4-2/h5,7H,3-4H2,1-2H3/t5-/m0/s1. The van der Waals surface area contributed by atoms with E-state index in [0.29, 0.717) is 13.0 Å². The molecule has 0 aromatic rings. The van der Waals surface area contributed by atoms with Gasteiger partial charge in [-0.25, -0.2) is 4.79 Å². The molecule has 0 aromatic carbocycles. The summed E-state index contributed by atoms with van der Waals surface area (Å²) < 4.78 is 4.51. The van der Waals surface area contributed by atoms with Crippen LogP contribution in [0.3, 0.4) is 0 Å². The van der Waals surface area contributed by atoms with Gasteiger partial charge < -0.3 is 9.84 Å². The average molecular weight is 132 g/mol. The van der Waals surface area contributed by atoms with E-state index in [4.69, 9.17) is 5.11 Å². The third-order valence-electron chi connectivity index (χ3n) is 0.945. The van der Waals surface area contributed by atoms with Crippen molar-refractivity contribution in [2.24, 2.45) is 0 Å². The second-order valence-electron chi connectivity index (χ2n) is 1.68. The van der Waals surface area contributed by atoms with Gasteiger partial charge in [0.15, 0.2) is 6.10 Å². The van der Waals surface area contributed by atoms with E-state index in [0.717, 1.165) is 0 Å². The molecule has 0 amide bonds. The lowest BCUT2D eigenvalue weighted by Crippen LogP contribution is -2.21. The van der Waals surface area contributed by atoms with Gasteiger partial charge in [0.2, 0.25) is 0 Å². The molecule has 0 saturated heterocycles. The fourth-order valence-electron chi connectivity index (χ4n) is 0.405. The lowest BCUT2D eigenvalue weighted by Gasteiger charge is -2.04. The van der Waals surface area contributed by atoms with Crippen molar-refractivity contribution in [3.8, 4) is 0 Å². The van der Waals surface area contributed by atoms with Crippen LogP contribution in [0.1, 0.15) is 20.3 Å². The van der Waals surface area contributed by atoms with Crippen LogP contribution in [0.2, 0.25) is 0 Å². The van der Waals surface area contributed by atoms with E-state index in [-0.39, 0.29) is 0 Å². The van der Waals surface area contributed by atoms with Gasteiger partial charge in [-0.15, -0.1) is 0 Å². The maximum absolute atomic E-state index is 10.5. The Morgan fingerprint density at radius 2 is 2.22 bits per heavy atom. The van der Waals surface area contributed by atoms with Crippen LogP contribution < -0.4 is 0 Å². The SMILES string of the molecule is CCOC(=O)[C@@H](O)CC. The Morgan fingerprint density at radius 3 is 2.56 bits per heavy atom. The van der Waals surface area contributed by atoms with Gasteiger partial charge in [-0.1, -0.05) is 6.92 Å². The zero-order valence-electron chi connectivity index (χ0n) is 5.76. The molecule has 1 atom stereocenters. The first-order chi connectivity index (χ1) is 4.22. The first-order valence-corrected chi connectivity index (χ1v) is 3.07. The average Bonchev–Trinajstić information content (AvgIpc) is 1.87. The Hall–Kier alpha value is -0.570. The molecular formula is C6H12O3. The Kier molecular flexibility index (Phi) is 4.05. The fraction of sp³-hybridized carbons (Fsp3) is 0.833. The molecule has 54 valence electrons. The number of rotatable bonds is 3. The predicted octanol–water partition coefficient (Wildman–Crippen LogP) is 0.320. The number of esters is 1. The van der Waals surface area contributed by atoms with E-state index < -0.39 is 12.1 Å². The molecule has 0 radical (unpaired) electrons.